The Morgan fingerprint density at radius 3 is 2.61 bits per heavy atom. The van der Waals surface area contributed by atoms with Crippen LogP contribution in [-0.2, 0) is 11.5 Å². The molecule has 0 spiro atoms. The molecule has 0 fully saturated rings. The molecule has 0 aliphatic heterocycles. The van der Waals surface area contributed by atoms with Gasteiger partial charge in [0.05, 0.1) is 17.0 Å². The van der Waals surface area contributed by atoms with Crippen molar-refractivity contribution in [3.05, 3.63) is 63.8 Å². The second-order valence-corrected chi connectivity index (χ2v) is 7.60. The Balaban J connectivity index is 1.76. The normalized spacial score (nSPS) is 10.5. The molecule has 2 heterocycles. The van der Waals surface area contributed by atoms with Crippen LogP contribution in [-0.4, -0.2) is 34.2 Å². The van der Waals surface area contributed by atoms with Crippen molar-refractivity contribution in [3.63, 3.8) is 0 Å². The number of aromatic nitrogens is 2. The minimum absolute atomic E-state index is 0.108. The maximum absolute atomic E-state index is 12.7. The fourth-order valence-electron chi connectivity index (χ4n) is 2.86. The van der Waals surface area contributed by atoms with Gasteiger partial charge < -0.3 is 20.5 Å². The number of ether oxygens (including phenoxy) is 2. The molecule has 31 heavy (non-hydrogen) atoms. The molecular weight excluding hydrogens is 420 g/mol. The molecule has 2 aromatic heterocycles. The Morgan fingerprint density at radius 2 is 1.94 bits per heavy atom. The van der Waals surface area contributed by atoms with E-state index in [2.05, 4.69) is 10.4 Å². The van der Waals surface area contributed by atoms with Gasteiger partial charge in [-0.1, -0.05) is 18.2 Å². The summed E-state index contributed by atoms with van der Waals surface area (Å²) >= 11 is 0.921. The first-order valence-electron chi connectivity index (χ1n) is 9.45. The molecule has 10 heteroatoms. The van der Waals surface area contributed by atoms with E-state index in [4.69, 9.17) is 15.2 Å². The number of thiophene rings is 1. The van der Waals surface area contributed by atoms with Gasteiger partial charge in [0.1, 0.15) is 10.8 Å². The largest absolute Gasteiger partial charge is 0.471 e. The lowest BCUT2D eigenvalue weighted by molar-refractivity contribution is 0.0527. The molecule has 1 aromatic carbocycles. The molecule has 0 aliphatic carbocycles. The van der Waals surface area contributed by atoms with Crippen LogP contribution in [0.1, 0.15) is 48.6 Å². The van der Waals surface area contributed by atoms with Crippen LogP contribution in [0.3, 0.4) is 0 Å². The van der Waals surface area contributed by atoms with Crippen molar-refractivity contribution in [3.8, 4) is 5.75 Å². The van der Waals surface area contributed by atoms with Crippen molar-refractivity contribution in [1.29, 1.82) is 0 Å². The molecule has 0 saturated heterocycles. The zero-order chi connectivity index (χ0) is 22.5. The van der Waals surface area contributed by atoms with Gasteiger partial charge in [0.25, 0.3) is 11.8 Å². The highest BCUT2D eigenvalue weighted by molar-refractivity contribution is 7.18. The van der Waals surface area contributed by atoms with Crippen LogP contribution >= 0.6 is 11.3 Å². The van der Waals surface area contributed by atoms with E-state index in [0.29, 0.717) is 5.56 Å². The predicted molar refractivity (Wildman–Crippen MR) is 116 cm³/mol. The van der Waals surface area contributed by atoms with Crippen LogP contribution in [0.5, 0.6) is 5.75 Å². The topological polar surface area (TPSA) is 126 Å². The molecule has 0 radical (unpaired) electrons. The number of anilines is 1. The van der Waals surface area contributed by atoms with Gasteiger partial charge in [0.2, 0.25) is 0 Å². The molecular formula is C21H22N4O5S. The molecule has 3 N–H and O–H groups in total. The summed E-state index contributed by atoms with van der Waals surface area (Å²) in [7, 11) is 0. The van der Waals surface area contributed by atoms with Crippen molar-refractivity contribution in [1.82, 2.24) is 9.78 Å². The second kappa shape index (κ2) is 9.43. The van der Waals surface area contributed by atoms with Crippen molar-refractivity contribution in [2.75, 3.05) is 11.9 Å². The fourth-order valence-corrected chi connectivity index (χ4v) is 3.90. The van der Waals surface area contributed by atoms with Crippen molar-refractivity contribution in [2.45, 2.75) is 27.5 Å². The average molecular weight is 442 g/mol. The molecule has 3 rings (SSSR count). The maximum atomic E-state index is 12.7. The molecule has 2 amide bonds. The van der Waals surface area contributed by atoms with Gasteiger partial charge in [-0.15, -0.1) is 11.3 Å². The minimum atomic E-state index is -0.689. The van der Waals surface area contributed by atoms with Gasteiger partial charge in [-0.3, -0.25) is 9.59 Å². The van der Waals surface area contributed by atoms with Gasteiger partial charge in [-0.25, -0.2) is 9.48 Å². The Labute approximate surface area is 182 Å². The quantitative estimate of drug-likeness (QED) is 0.516. The first kappa shape index (κ1) is 22.0. The average Bonchev–Trinajstić information content (AvgIpc) is 3.32. The smallest absolute Gasteiger partial charge is 0.341 e. The zero-order valence-electron chi connectivity index (χ0n) is 17.3. The van der Waals surface area contributed by atoms with E-state index in [1.165, 1.54) is 10.7 Å². The maximum Gasteiger partial charge on any atom is 0.341 e. The number of hydrogen-bond donors (Lipinski definition) is 2. The molecule has 0 saturated carbocycles. The fraction of sp³-hybridized carbons (Fsp3) is 0.238. The number of para-hydroxylation sites is 1. The SMILES string of the molecule is CCOC(=O)c1c(NC(=O)c2ccn(COc3ccccc3C)n2)sc(C(N)=O)c1C. The van der Waals surface area contributed by atoms with Crippen LogP contribution < -0.4 is 15.8 Å². The lowest BCUT2D eigenvalue weighted by Gasteiger charge is -2.08. The van der Waals surface area contributed by atoms with Crippen LogP contribution in [0.2, 0.25) is 0 Å². The van der Waals surface area contributed by atoms with Gasteiger partial charge in [0.15, 0.2) is 12.4 Å². The van der Waals surface area contributed by atoms with E-state index in [0.717, 1.165) is 22.6 Å². The first-order valence-corrected chi connectivity index (χ1v) is 10.3. The lowest BCUT2D eigenvalue weighted by atomic mass is 10.1. The number of nitrogens with two attached hydrogens (primary N) is 1. The number of amides is 2. The summed E-state index contributed by atoms with van der Waals surface area (Å²) in [6.07, 6.45) is 1.61. The van der Waals surface area contributed by atoms with Gasteiger partial charge in [-0.2, -0.15) is 5.10 Å². The number of rotatable bonds is 8. The van der Waals surface area contributed by atoms with E-state index >= 15 is 0 Å². The van der Waals surface area contributed by atoms with E-state index < -0.39 is 17.8 Å². The van der Waals surface area contributed by atoms with Gasteiger partial charge in [0, 0.05) is 6.20 Å². The number of hydrogen-bond acceptors (Lipinski definition) is 7. The van der Waals surface area contributed by atoms with E-state index in [1.807, 2.05) is 31.2 Å². The summed E-state index contributed by atoms with van der Waals surface area (Å²) < 4.78 is 12.2. The van der Waals surface area contributed by atoms with E-state index in [1.54, 1.807) is 20.0 Å². The summed E-state index contributed by atoms with van der Waals surface area (Å²) in [6.45, 7) is 5.45. The van der Waals surface area contributed by atoms with E-state index in [9.17, 15) is 14.4 Å². The second-order valence-electron chi connectivity index (χ2n) is 6.58. The number of aryl methyl sites for hydroxylation is 1. The van der Waals surface area contributed by atoms with Crippen LogP contribution in [0.4, 0.5) is 5.00 Å². The standard InChI is InChI=1S/C21H22N4O5S/c1-4-29-21(28)16-13(3)17(18(22)26)31-20(16)23-19(27)14-9-10-25(24-14)11-30-15-8-6-5-7-12(15)2/h5-10H,4,11H2,1-3H3,(H2,22,26)(H,23,27). The summed E-state index contributed by atoms with van der Waals surface area (Å²) in [4.78, 5) is 36.9. The van der Waals surface area contributed by atoms with Crippen molar-refractivity contribution in [2.24, 2.45) is 5.73 Å². The molecule has 0 unspecified atom stereocenters. The Bertz CT molecular complexity index is 1130. The number of carbonyl (C=O) groups excluding carboxylic acids is 3. The molecule has 0 bridgehead atoms. The Kier molecular flexibility index (Phi) is 6.71. The number of nitrogens with zero attached hydrogens (tertiary/aromatic N) is 2. The monoisotopic (exact) mass is 442 g/mol. The first-order chi connectivity index (χ1) is 14.8. The number of nitrogens with one attached hydrogen (secondary N) is 1. The third kappa shape index (κ3) is 4.92. The summed E-state index contributed by atoms with van der Waals surface area (Å²) in [5, 5.41) is 7.02. The Hall–Kier alpha value is -3.66. The highest BCUT2D eigenvalue weighted by atomic mass is 32.1. The third-order valence-corrected chi connectivity index (χ3v) is 5.62. The number of carbonyl (C=O) groups is 3. The van der Waals surface area contributed by atoms with E-state index in [-0.39, 0.29) is 34.5 Å². The number of primary amides is 1. The Morgan fingerprint density at radius 1 is 1.19 bits per heavy atom. The molecule has 3 aromatic rings. The van der Waals surface area contributed by atoms with Crippen molar-refractivity contribution < 1.29 is 23.9 Å². The number of esters is 1. The van der Waals surface area contributed by atoms with Crippen molar-refractivity contribution >= 4 is 34.1 Å². The summed E-state index contributed by atoms with van der Waals surface area (Å²) in [5.74, 6) is -1.16. The minimum Gasteiger partial charge on any atom is -0.471 e. The lowest BCUT2D eigenvalue weighted by Crippen LogP contribution is -2.16. The highest BCUT2D eigenvalue weighted by Gasteiger charge is 2.26. The number of benzene rings is 1. The van der Waals surface area contributed by atoms with Gasteiger partial charge >= 0.3 is 5.97 Å². The van der Waals surface area contributed by atoms with Crippen LogP contribution in [0.15, 0.2) is 36.5 Å². The molecule has 9 nitrogen and oxygen atoms in total. The highest BCUT2D eigenvalue weighted by Crippen LogP contribution is 2.33. The summed E-state index contributed by atoms with van der Waals surface area (Å²) in [5.41, 5.74) is 6.96. The third-order valence-electron chi connectivity index (χ3n) is 4.40. The van der Waals surface area contributed by atoms with Crippen LogP contribution in [0, 0.1) is 13.8 Å². The summed E-state index contributed by atoms with van der Waals surface area (Å²) in [6, 6.07) is 9.09. The zero-order valence-corrected chi connectivity index (χ0v) is 18.1. The van der Waals surface area contributed by atoms with Crippen LogP contribution in [0.25, 0.3) is 0 Å². The van der Waals surface area contributed by atoms with Gasteiger partial charge in [-0.05, 0) is 44.0 Å². The molecule has 0 aliphatic rings. The molecule has 0 atom stereocenters. The molecule has 162 valence electrons. The predicted octanol–water partition coefficient (Wildman–Crippen LogP) is 3.13.